The van der Waals surface area contributed by atoms with Crippen LogP contribution in [0.3, 0.4) is 0 Å². The van der Waals surface area contributed by atoms with Crippen LogP contribution in [-0.4, -0.2) is 18.7 Å². The van der Waals surface area contributed by atoms with E-state index in [4.69, 9.17) is 4.74 Å². The highest BCUT2D eigenvalue weighted by atomic mass is 32.1. The molecule has 4 nitrogen and oxygen atoms in total. The molecule has 0 aliphatic carbocycles. The normalized spacial score (nSPS) is 11.2. The fourth-order valence-corrected chi connectivity index (χ4v) is 2.33. The number of nitrogens with zero attached hydrogens (tertiary/aromatic N) is 1. The molecule has 0 unspecified atom stereocenters. The molecular formula is C15H16N2O2S. The van der Waals surface area contributed by atoms with E-state index in [1.807, 2.05) is 42.6 Å². The van der Waals surface area contributed by atoms with Crippen LogP contribution in [0, 0.1) is 0 Å². The number of nitrogens with one attached hydrogen (secondary N) is 1. The molecule has 20 heavy (non-hydrogen) atoms. The van der Waals surface area contributed by atoms with E-state index < -0.39 is 0 Å². The molecule has 2 aromatic rings. The monoisotopic (exact) mass is 288 g/mol. The molecular weight excluding hydrogens is 272 g/mol. The number of rotatable bonds is 5. The maximum absolute atomic E-state index is 11.8. The average molecular weight is 288 g/mol. The summed E-state index contributed by atoms with van der Waals surface area (Å²) in [7, 11) is 1.63. The van der Waals surface area contributed by atoms with Gasteiger partial charge in [0.15, 0.2) is 0 Å². The Morgan fingerprint density at radius 1 is 1.30 bits per heavy atom. The van der Waals surface area contributed by atoms with Gasteiger partial charge in [0, 0.05) is 0 Å². The average Bonchev–Trinajstić information content (AvgIpc) is 3.02. The molecule has 0 radical (unpaired) electrons. The number of hydrazone groups is 1. The van der Waals surface area contributed by atoms with Gasteiger partial charge in [-0.1, -0.05) is 13.0 Å². The molecule has 2 rings (SSSR count). The molecule has 1 aromatic heterocycles. The minimum atomic E-state index is -0.181. The van der Waals surface area contributed by atoms with Gasteiger partial charge in [-0.05, 0) is 47.7 Å². The van der Waals surface area contributed by atoms with Gasteiger partial charge in [0.1, 0.15) is 5.75 Å². The highest BCUT2D eigenvalue weighted by Gasteiger charge is 2.06. The Morgan fingerprint density at radius 2 is 2.05 bits per heavy atom. The Balaban J connectivity index is 2.10. The summed E-state index contributed by atoms with van der Waals surface area (Å²) in [5.74, 6) is 0.617. The lowest BCUT2D eigenvalue weighted by Gasteiger charge is -2.06. The number of hydrogen-bond donors (Lipinski definition) is 1. The molecule has 0 bridgehead atoms. The highest BCUT2D eigenvalue weighted by Crippen LogP contribution is 2.13. The van der Waals surface area contributed by atoms with Crippen molar-refractivity contribution in [2.24, 2.45) is 5.10 Å². The number of methoxy groups -OCH3 is 1. The van der Waals surface area contributed by atoms with Crippen molar-refractivity contribution in [3.63, 3.8) is 0 Å². The largest absolute Gasteiger partial charge is 0.497 e. The van der Waals surface area contributed by atoms with E-state index in [1.54, 1.807) is 13.2 Å². The molecule has 0 fully saturated rings. The number of hydrogen-bond acceptors (Lipinski definition) is 4. The van der Waals surface area contributed by atoms with Gasteiger partial charge in [-0.2, -0.15) is 5.10 Å². The fraction of sp³-hybridized carbons (Fsp3) is 0.200. The number of carbonyl (C=O) groups is 1. The molecule has 0 aliphatic heterocycles. The molecule has 104 valence electrons. The number of benzene rings is 1. The highest BCUT2D eigenvalue weighted by molar-refractivity contribution is 7.12. The van der Waals surface area contributed by atoms with E-state index in [9.17, 15) is 4.79 Å². The van der Waals surface area contributed by atoms with E-state index in [0.29, 0.717) is 4.88 Å². The Hall–Kier alpha value is -2.14. The van der Waals surface area contributed by atoms with Gasteiger partial charge in [0.05, 0.1) is 17.7 Å². The first-order valence-electron chi connectivity index (χ1n) is 6.29. The van der Waals surface area contributed by atoms with E-state index >= 15 is 0 Å². The van der Waals surface area contributed by atoms with Gasteiger partial charge in [-0.15, -0.1) is 11.3 Å². The van der Waals surface area contributed by atoms with Crippen molar-refractivity contribution in [2.75, 3.05) is 7.11 Å². The third-order valence-corrected chi connectivity index (χ3v) is 3.66. The molecule has 0 saturated carbocycles. The van der Waals surface area contributed by atoms with Gasteiger partial charge >= 0.3 is 0 Å². The maximum Gasteiger partial charge on any atom is 0.281 e. The number of amides is 1. The summed E-state index contributed by atoms with van der Waals surface area (Å²) in [5.41, 5.74) is 4.39. The first-order chi connectivity index (χ1) is 9.74. The Kier molecular flexibility index (Phi) is 4.90. The maximum atomic E-state index is 11.8. The zero-order chi connectivity index (χ0) is 14.4. The lowest BCUT2D eigenvalue weighted by atomic mass is 10.1. The molecule has 1 N–H and O–H groups in total. The van der Waals surface area contributed by atoms with E-state index in [0.717, 1.165) is 23.4 Å². The molecule has 0 spiro atoms. The standard InChI is InChI=1S/C15H16N2O2S/c1-3-13(11-6-8-12(19-2)9-7-11)16-17-15(18)14-5-4-10-20-14/h4-10H,3H2,1-2H3,(H,17,18)/b16-13+. The third kappa shape index (κ3) is 3.45. The zero-order valence-electron chi connectivity index (χ0n) is 11.4. The number of carbonyl (C=O) groups excluding carboxylic acids is 1. The van der Waals surface area contributed by atoms with E-state index in [-0.39, 0.29) is 5.91 Å². The van der Waals surface area contributed by atoms with E-state index in [1.165, 1.54) is 11.3 Å². The van der Waals surface area contributed by atoms with Gasteiger partial charge in [0.2, 0.25) is 0 Å². The lowest BCUT2D eigenvalue weighted by Crippen LogP contribution is -2.18. The van der Waals surface area contributed by atoms with Crippen LogP contribution < -0.4 is 10.2 Å². The molecule has 0 saturated heterocycles. The van der Waals surface area contributed by atoms with Crippen LogP contribution in [0.25, 0.3) is 0 Å². The Morgan fingerprint density at radius 3 is 2.60 bits per heavy atom. The first kappa shape index (κ1) is 14.3. The van der Waals surface area contributed by atoms with Crippen molar-refractivity contribution in [1.29, 1.82) is 0 Å². The van der Waals surface area contributed by atoms with Crippen molar-refractivity contribution in [1.82, 2.24) is 5.43 Å². The number of thiophene rings is 1. The minimum Gasteiger partial charge on any atom is -0.497 e. The predicted octanol–water partition coefficient (Wildman–Crippen LogP) is 3.30. The van der Waals surface area contributed by atoms with Gasteiger partial charge in [-0.3, -0.25) is 4.79 Å². The van der Waals surface area contributed by atoms with Crippen LogP contribution in [0.1, 0.15) is 28.6 Å². The van der Waals surface area contributed by atoms with E-state index in [2.05, 4.69) is 10.5 Å². The smallest absolute Gasteiger partial charge is 0.281 e. The third-order valence-electron chi connectivity index (χ3n) is 2.80. The molecule has 1 amide bonds. The van der Waals surface area contributed by atoms with Crippen molar-refractivity contribution in [3.8, 4) is 5.75 Å². The molecule has 1 aromatic carbocycles. The van der Waals surface area contributed by atoms with Crippen LogP contribution in [0.5, 0.6) is 5.75 Å². The minimum absolute atomic E-state index is 0.181. The van der Waals surface area contributed by atoms with Crippen molar-refractivity contribution < 1.29 is 9.53 Å². The van der Waals surface area contributed by atoms with Crippen LogP contribution in [-0.2, 0) is 0 Å². The molecule has 0 aliphatic rings. The summed E-state index contributed by atoms with van der Waals surface area (Å²) < 4.78 is 5.12. The molecule has 0 atom stereocenters. The summed E-state index contributed by atoms with van der Waals surface area (Å²) in [6, 6.07) is 11.2. The summed E-state index contributed by atoms with van der Waals surface area (Å²) in [6.45, 7) is 2.00. The zero-order valence-corrected chi connectivity index (χ0v) is 12.2. The van der Waals surface area contributed by atoms with Gasteiger partial charge < -0.3 is 4.74 Å². The topological polar surface area (TPSA) is 50.7 Å². The lowest BCUT2D eigenvalue weighted by molar-refractivity contribution is 0.0959. The Labute approximate surface area is 122 Å². The summed E-state index contributed by atoms with van der Waals surface area (Å²) in [6.07, 6.45) is 0.733. The second kappa shape index (κ2) is 6.86. The second-order valence-corrected chi connectivity index (χ2v) is 5.01. The predicted molar refractivity (Wildman–Crippen MR) is 81.6 cm³/mol. The number of ether oxygens (including phenoxy) is 1. The first-order valence-corrected chi connectivity index (χ1v) is 7.17. The quantitative estimate of drug-likeness (QED) is 0.678. The summed E-state index contributed by atoms with van der Waals surface area (Å²) >= 11 is 1.39. The molecule has 1 heterocycles. The molecule has 5 heteroatoms. The van der Waals surface area contributed by atoms with Crippen LogP contribution in [0.2, 0.25) is 0 Å². The van der Waals surface area contributed by atoms with Crippen molar-refractivity contribution >= 4 is 23.0 Å². The Bertz CT molecular complexity index is 589. The van der Waals surface area contributed by atoms with Crippen LogP contribution in [0.4, 0.5) is 0 Å². The van der Waals surface area contributed by atoms with Gasteiger partial charge in [0.25, 0.3) is 5.91 Å². The summed E-state index contributed by atoms with van der Waals surface area (Å²) in [4.78, 5) is 12.5. The van der Waals surface area contributed by atoms with Crippen molar-refractivity contribution in [2.45, 2.75) is 13.3 Å². The summed E-state index contributed by atoms with van der Waals surface area (Å²) in [5, 5.41) is 6.07. The fourth-order valence-electron chi connectivity index (χ4n) is 1.71. The SMILES string of the molecule is CC/C(=N\NC(=O)c1cccs1)c1ccc(OC)cc1. The van der Waals surface area contributed by atoms with Gasteiger partial charge in [-0.25, -0.2) is 5.43 Å². The van der Waals surface area contributed by atoms with Crippen molar-refractivity contribution in [3.05, 3.63) is 52.2 Å². The van der Waals surface area contributed by atoms with Crippen LogP contribution >= 0.6 is 11.3 Å². The second-order valence-electron chi connectivity index (χ2n) is 4.06. The van der Waals surface area contributed by atoms with Crippen LogP contribution in [0.15, 0.2) is 46.9 Å².